The third kappa shape index (κ3) is 3.99. The van der Waals surface area contributed by atoms with E-state index in [0.29, 0.717) is 6.42 Å². The van der Waals surface area contributed by atoms with Crippen LogP contribution in [-0.4, -0.2) is 48.7 Å². The number of hydrogen-bond acceptors (Lipinski definition) is 5. The molecule has 1 aromatic heterocycles. The molecule has 0 radical (unpaired) electrons. The number of para-hydroxylation sites is 1. The van der Waals surface area contributed by atoms with Crippen molar-refractivity contribution in [2.45, 2.75) is 45.4 Å². The number of aryl methyl sites for hydroxylation is 2. The van der Waals surface area contributed by atoms with E-state index in [1.807, 2.05) is 18.2 Å². The summed E-state index contributed by atoms with van der Waals surface area (Å²) >= 11 is 0. The second kappa shape index (κ2) is 8.24. The summed E-state index contributed by atoms with van der Waals surface area (Å²) in [5.41, 5.74) is 5.59. The van der Waals surface area contributed by atoms with Crippen LogP contribution in [0, 0.1) is 6.92 Å². The molecule has 6 heteroatoms. The van der Waals surface area contributed by atoms with E-state index in [0.717, 1.165) is 68.0 Å². The number of anilines is 2. The number of carbonyl (C=O) groups excluding carboxylic acids is 1. The van der Waals surface area contributed by atoms with Crippen molar-refractivity contribution in [3.05, 3.63) is 53.1 Å². The van der Waals surface area contributed by atoms with Gasteiger partial charge in [0.25, 0.3) is 0 Å². The maximum atomic E-state index is 12.1. The Balaban J connectivity index is 1.17. The number of rotatable bonds is 5. The fraction of sp³-hybridized carbons (Fsp3) is 0.462. The normalized spacial score (nSPS) is 18.6. The molecule has 0 unspecified atom stereocenters. The van der Waals surface area contributed by atoms with Crippen LogP contribution in [0.15, 0.2) is 40.9 Å². The number of aromatic nitrogens is 1. The second-order valence-electron chi connectivity index (χ2n) is 9.88. The minimum Gasteiger partial charge on any atom is -0.354 e. The van der Waals surface area contributed by atoms with Gasteiger partial charge in [0.1, 0.15) is 0 Å². The first kappa shape index (κ1) is 21.0. The van der Waals surface area contributed by atoms with Crippen molar-refractivity contribution < 1.29 is 9.32 Å². The SMILES string of the molecule is Cc1cc(CCCN2CCN(c3noc4ccccc34)CC2)cc2c1NC(=O)CC2(C)C. The van der Waals surface area contributed by atoms with Gasteiger partial charge in [-0.2, -0.15) is 0 Å². The molecule has 1 saturated heterocycles. The van der Waals surface area contributed by atoms with Crippen LogP contribution >= 0.6 is 0 Å². The van der Waals surface area contributed by atoms with Gasteiger partial charge in [-0.15, -0.1) is 0 Å². The molecule has 3 heterocycles. The first-order valence-corrected chi connectivity index (χ1v) is 11.7. The summed E-state index contributed by atoms with van der Waals surface area (Å²) in [7, 11) is 0. The van der Waals surface area contributed by atoms with Gasteiger partial charge < -0.3 is 14.7 Å². The van der Waals surface area contributed by atoms with Gasteiger partial charge in [0.15, 0.2) is 11.4 Å². The van der Waals surface area contributed by atoms with E-state index in [2.05, 4.69) is 59.2 Å². The van der Waals surface area contributed by atoms with E-state index in [1.165, 1.54) is 16.7 Å². The topological polar surface area (TPSA) is 61.6 Å². The fourth-order valence-electron chi connectivity index (χ4n) is 5.18. The van der Waals surface area contributed by atoms with Crippen molar-refractivity contribution >= 4 is 28.4 Å². The predicted octanol–water partition coefficient (Wildman–Crippen LogP) is 4.51. The molecule has 32 heavy (non-hydrogen) atoms. The molecule has 2 aliphatic heterocycles. The molecule has 2 aromatic carbocycles. The van der Waals surface area contributed by atoms with Crippen LogP contribution in [0.1, 0.15) is 43.4 Å². The zero-order valence-electron chi connectivity index (χ0n) is 19.3. The van der Waals surface area contributed by atoms with Crippen molar-refractivity contribution in [3.63, 3.8) is 0 Å². The number of piperazine rings is 1. The van der Waals surface area contributed by atoms with Gasteiger partial charge in [0.2, 0.25) is 5.91 Å². The molecule has 0 saturated carbocycles. The molecule has 0 bridgehead atoms. The number of amides is 1. The Morgan fingerprint density at radius 2 is 1.91 bits per heavy atom. The standard InChI is InChI=1S/C26H32N4O2/c1-18-15-19(16-21-24(18)27-23(31)17-26(21,2)3)7-6-10-29-11-13-30(14-12-29)25-20-8-4-5-9-22(20)32-28-25/h4-5,8-9,15-16H,6-7,10-14,17H2,1-3H3,(H,27,31). The van der Waals surface area contributed by atoms with Crippen LogP contribution in [0.25, 0.3) is 11.0 Å². The average molecular weight is 433 g/mol. The lowest BCUT2D eigenvalue weighted by molar-refractivity contribution is -0.117. The Kier molecular flexibility index (Phi) is 5.41. The van der Waals surface area contributed by atoms with Gasteiger partial charge in [-0.25, -0.2) is 0 Å². The molecule has 168 valence electrons. The van der Waals surface area contributed by atoms with Crippen LogP contribution in [0.2, 0.25) is 0 Å². The van der Waals surface area contributed by atoms with E-state index < -0.39 is 0 Å². The number of nitrogens with one attached hydrogen (secondary N) is 1. The Morgan fingerprint density at radius 1 is 1.12 bits per heavy atom. The van der Waals surface area contributed by atoms with E-state index in [1.54, 1.807) is 0 Å². The van der Waals surface area contributed by atoms with Crippen molar-refractivity contribution in [3.8, 4) is 0 Å². The molecule has 2 aliphatic rings. The highest BCUT2D eigenvalue weighted by atomic mass is 16.5. The minimum atomic E-state index is -0.111. The summed E-state index contributed by atoms with van der Waals surface area (Å²) in [6.07, 6.45) is 2.75. The second-order valence-corrected chi connectivity index (χ2v) is 9.88. The molecule has 1 amide bonds. The number of fused-ring (bicyclic) bond motifs is 2. The van der Waals surface area contributed by atoms with Crippen molar-refractivity contribution in [2.75, 3.05) is 42.9 Å². The smallest absolute Gasteiger partial charge is 0.225 e. The van der Waals surface area contributed by atoms with Crippen molar-refractivity contribution in [1.29, 1.82) is 0 Å². The molecule has 3 aromatic rings. The third-order valence-electron chi connectivity index (χ3n) is 6.96. The molecule has 1 fully saturated rings. The van der Waals surface area contributed by atoms with E-state index in [-0.39, 0.29) is 11.3 Å². The Bertz CT molecular complexity index is 1140. The Hall–Kier alpha value is -2.86. The van der Waals surface area contributed by atoms with Crippen molar-refractivity contribution in [2.24, 2.45) is 0 Å². The first-order valence-electron chi connectivity index (χ1n) is 11.7. The van der Waals surface area contributed by atoms with E-state index in [4.69, 9.17) is 4.52 Å². The summed E-state index contributed by atoms with van der Waals surface area (Å²) < 4.78 is 5.48. The van der Waals surface area contributed by atoms with Crippen LogP contribution in [0.4, 0.5) is 11.5 Å². The van der Waals surface area contributed by atoms with Crippen LogP contribution < -0.4 is 10.2 Å². The van der Waals surface area contributed by atoms with Gasteiger partial charge in [0.05, 0.1) is 5.39 Å². The summed E-state index contributed by atoms with van der Waals surface area (Å²) in [6, 6.07) is 12.6. The summed E-state index contributed by atoms with van der Waals surface area (Å²) in [4.78, 5) is 16.9. The van der Waals surface area contributed by atoms with E-state index in [9.17, 15) is 4.79 Å². The van der Waals surface area contributed by atoms with Crippen molar-refractivity contribution in [1.82, 2.24) is 10.1 Å². The summed E-state index contributed by atoms with van der Waals surface area (Å²) in [5.74, 6) is 1.09. The lowest BCUT2D eigenvalue weighted by Gasteiger charge is -2.35. The molecule has 0 aliphatic carbocycles. The molecule has 0 spiro atoms. The quantitative estimate of drug-likeness (QED) is 0.643. The third-order valence-corrected chi connectivity index (χ3v) is 6.96. The number of carbonyl (C=O) groups is 1. The van der Waals surface area contributed by atoms with Gasteiger partial charge in [0, 0.05) is 43.7 Å². The molecular formula is C26H32N4O2. The monoisotopic (exact) mass is 432 g/mol. The zero-order chi connectivity index (χ0) is 22.3. The van der Waals surface area contributed by atoms with Crippen LogP contribution in [-0.2, 0) is 16.6 Å². The van der Waals surface area contributed by atoms with Gasteiger partial charge in [-0.05, 0) is 55.1 Å². The Morgan fingerprint density at radius 3 is 2.72 bits per heavy atom. The van der Waals surface area contributed by atoms with E-state index >= 15 is 0 Å². The molecule has 0 atom stereocenters. The minimum absolute atomic E-state index is 0.111. The highest BCUT2D eigenvalue weighted by molar-refractivity contribution is 5.96. The fourth-order valence-corrected chi connectivity index (χ4v) is 5.18. The predicted molar refractivity (Wildman–Crippen MR) is 128 cm³/mol. The Labute approximate surface area is 189 Å². The van der Waals surface area contributed by atoms with Crippen LogP contribution in [0.5, 0.6) is 0 Å². The van der Waals surface area contributed by atoms with Gasteiger partial charge >= 0.3 is 0 Å². The maximum absolute atomic E-state index is 12.1. The molecule has 5 rings (SSSR count). The lowest BCUT2D eigenvalue weighted by Crippen LogP contribution is -2.46. The average Bonchev–Trinajstić information content (AvgIpc) is 3.19. The highest BCUT2D eigenvalue weighted by Gasteiger charge is 2.33. The first-order chi connectivity index (χ1) is 15.4. The van der Waals surface area contributed by atoms with Gasteiger partial charge in [-0.3, -0.25) is 9.69 Å². The zero-order valence-corrected chi connectivity index (χ0v) is 19.3. The lowest BCUT2D eigenvalue weighted by atomic mass is 9.76. The largest absolute Gasteiger partial charge is 0.354 e. The molecular weight excluding hydrogens is 400 g/mol. The maximum Gasteiger partial charge on any atom is 0.225 e. The van der Waals surface area contributed by atoms with Gasteiger partial charge in [-0.1, -0.05) is 43.3 Å². The number of benzene rings is 2. The number of nitrogens with zero attached hydrogens (tertiary/aromatic N) is 3. The molecule has 1 N–H and O–H groups in total. The molecule has 6 nitrogen and oxygen atoms in total. The summed E-state index contributed by atoms with van der Waals surface area (Å²) in [5, 5.41) is 8.49. The summed E-state index contributed by atoms with van der Waals surface area (Å²) in [6.45, 7) is 11.6. The van der Waals surface area contributed by atoms with Crippen LogP contribution in [0.3, 0.4) is 0 Å². The number of hydrogen-bond donors (Lipinski definition) is 1. The highest BCUT2D eigenvalue weighted by Crippen LogP contribution is 2.39.